The molecule has 1 aromatic rings. The molecule has 2 rings (SSSR count). The minimum Gasteiger partial charge on any atom is -0.481 e. The predicted molar refractivity (Wildman–Crippen MR) is 77.9 cm³/mol. The monoisotopic (exact) mass is 291 g/mol. The summed E-state index contributed by atoms with van der Waals surface area (Å²) in [7, 11) is 1.35. The zero-order valence-electron chi connectivity index (χ0n) is 12.5. The molecule has 0 spiro atoms. The van der Waals surface area contributed by atoms with Crippen molar-refractivity contribution in [3.05, 3.63) is 30.3 Å². The Morgan fingerprint density at radius 3 is 2.67 bits per heavy atom. The van der Waals surface area contributed by atoms with E-state index in [2.05, 4.69) is 0 Å². The Kier molecular flexibility index (Phi) is 5.20. The average molecular weight is 291 g/mol. The molecule has 1 aromatic carbocycles. The van der Waals surface area contributed by atoms with E-state index in [9.17, 15) is 9.59 Å². The molecule has 1 aliphatic heterocycles. The fourth-order valence-corrected chi connectivity index (χ4v) is 2.57. The third-order valence-corrected chi connectivity index (χ3v) is 3.68. The summed E-state index contributed by atoms with van der Waals surface area (Å²) >= 11 is 0. The molecule has 21 heavy (non-hydrogen) atoms. The van der Waals surface area contributed by atoms with Crippen LogP contribution in [-0.2, 0) is 14.3 Å². The Balaban J connectivity index is 2.07. The van der Waals surface area contributed by atoms with Gasteiger partial charge in [-0.2, -0.15) is 0 Å². The number of esters is 1. The van der Waals surface area contributed by atoms with Gasteiger partial charge < -0.3 is 14.4 Å². The van der Waals surface area contributed by atoms with Crippen molar-refractivity contribution in [3.8, 4) is 5.75 Å². The van der Waals surface area contributed by atoms with Crippen LogP contribution in [0.15, 0.2) is 30.3 Å². The topological polar surface area (TPSA) is 55.8 Å². The Labute approximate surface area is 124 Å². The number of rotatable bonds is 5. The van der Waals surface area contributed by atoms with Crippen molar-refractivity contribution in [3.63, 3.8) is 0 Å². The van der Waals surface area contributed by atoms with Gasteiger partial charge in [-0.05, 0) is 31.4 Å². The van der Waals surface area contributed by atoms with Gasteiger partial charge in [-0.25, -0.2) is 4.79 Å². The molecule has 0 N–H and O–H groups in total. The SMILES string of the molecule is CCC(Oc1ccccc1)C(=O)N1CCCC1C(=O)OC. The van der Waals surface area contributed by atoms with Gasteiger partial charge in [0.05, 0.1) is 7.11 Å². The zero-order chi connectivity index (χ0) is 15.2. The highest BCUT2D eigenvalue weighted by molar-refractivity contribution is 5.87. The first-order valence-corrected chi connectivity index (χ1v) is 7.27. The van der Waals surface area contributed by atoms with E-state index in [0.717, 1.165) is 6.42 Å². The molecule has 1 saturated heterocycles. The normalized spacial score (nSPS) is 19.1. The Morgan fingerprint density at radius 1 is 1.33 bits per heavy atom. The van der Waals surface area contributed by atoms with Gasteiger partial charge in [-0.1, -0.05) is 25.1 Å². The van der Waals surface area contributed by atoms with E-state index in [0.29, 0.717) is 25.1 Å². The highest BCUT2D eigenvalue weighted by atomic mass is 16.5. The summed E-state index contributed by atoms with van der Waals surface area (Å²) in [6.45, 7) is 2.47. The van der Waals surface area contributed by atoms with E-state index in [1.165, 1.54) is 7.11 Å². The maximum Gasteiger partial charge on any atom is 0.328 e. The van der Waals surface area contributed by atoms with Crippen molar-refractivity contribution >= 4 is 11.9 Å². The molecule has 0 aliphatic carbocycles. The van der Waals surface area contributed by atoms with Crippen LogP contribution in [-0.4, -0.2) is 42.6 Å². The van der Waals surface area contributed by atoms with Crippen LogP contribution in [0.4, 0.5) is 0 Å². The lowest BCUT2D eigenvalue weighted by Gasteiger charge is -2.27. The fraction of sp³-hybridized carbons (Fsp3) is 0.500. The number of nitrogens with zero attached hydrogens (tertiary/aromatic N) is 1. The van der Waals surface area contributed by atoms with E-state index < -0.39 is 12.1 Å². The molecule has 1 fully saturated rings. The van der Waals surface area contributed by atoms with Gasteiger partial charge in [0, 0.05) is 6.54 Å². The van der Waals surface area contributed by atoms with Gasteiger partial charge in [0.2, 0.25) is 0 Å². The molecule has 0 bridgehead atoms. The molecule has 1 aliphatic rings. The molecule has 0 radical (unpaired) electrons. The van der Waals surface area contributed by atoms with Crippen LogP contribution in [0, 0.1) is 0 Å². The Hall–Kier alpha value is -2.04. The summed E-state index contributed by atoms with van der Waals surface area (Å²) in [5.74, 6) is 0.163. The number of para-hydroxylation sites is 1. The van der Waals surface area contributed by atoms with Gasteiger partial charge >= 0.3 is 5.97 Å². The van der Waals surface area contributed by atoms with Crippen LogP contribution in [0.3, 0.4) is 0 Å². The summed E-state index contributed by atoms with van der Waals surface area (Å²) in [5.41, 5.74) is 0. The second kappa shape index (κ2) is 7.11. The number of methoxy groups -OCH3 is 1. The van der Waals surface area contributed by atoms with Gasteiger partial charge in [0.25, 0.3) is 5.91 Å². The molecule has 1 heterocycles. The van der Waals surface area contributed by atoms with Crippen molar-refractivity contribution in [1.82, 2.24) is 4.90 Å². The average Bonchev–Trinajstić information content (AvgIpc) is 3.01. The smallest absolute Gasteiger partial charge is 0.328 e. The summed E-state index contributed by atoms with van der Waals surface area (Å²) in [6, 6.07) is 8.77. The highest BCUT2D eigenvalue weighted by Gasteiger charge is 2.38. The molecule has 5 nitrogen and oxygen atoms in total. The minimum atomic E-state index is -0.572. The third kappa shape index (κ3) is 3.54. The molecule has 1 amide bonds. The predicted octanol–water partition coefficient (Wildman–Crippen LogP) is 2.01. The van der Waals surface area contributed by atoms with Crippen molar-refractivity contribution in [1.29, 1.82) is 0 Å². The largest absolute Gasteiger partial charge is 0.481 e. The number of likely N-dealkylation sites (tertiary alicyclic amines) is 1. The van der Waals surface area contributed by atoms with Crippen LogP contribution < -0.4 is 4.74 Å². The molecule has 114 valence electrons. The van der Waals surface area contributed by atoms with Gasteiger partial charge in [-0.3, -0.25) is 4.79 Å². The third-order valence-electron chi connectivity index (χ3n) is 3.68. The Bertz CT molecular complexity index is 488. The number of carbonyl (C=O) groups excluding carboxylic acids is 2. The number of hydrogen-bond acceptors (Lipinski definition) is 4. The maximum atomic E-state index is 12.6. The molecular weight excluding hydrogens is 270 g/mol. The highest BCUT2D eigenvalue weighted by Crippen LogP contribution is 2.22. The standard InChI is InChI=1S/C16H21NO4/c1-3-14(21-12-8-5-4-6-9-12)15(18)17-11-7-10-13(17)16(19)20-2/h4-6,8-9,13-14H,3,7,10-11H2,1-2H3. The van der Waals surface area contributed by atoms with Crippen LogP contribution in [0.1, 0.15) is 26.2 Å². The lowest BCUT2D eigenvalue weighted by Crippen LogP contribution is -2.47. The zero-order valence-corrected chi connectivity index (χ0v) is 12.5. The first kappa shape index (κ1) is 15.4. The van der Waals surface area contributed by atoms with Crippen molar-refractivity contribution in [2.75, 3.05) is 13.7 Å². The minimum absolute atomic E-state index is 0.144. The van der Waals surface area contributed by atoms with Crippen LogP contribution in [0.2, 0.25) is 0 Å². The Morgan fingerprint density at radius 2 is 2.05 bits per heavy atom. The molecule has 0 aromatic heterocycles. The van der Waals surface area contributed by atoms with Crippen LogP contribution >= 0.6 is 0 Å². The number of carbonyl (C=O) groups is 2. The quantitative estimate of drug-likeness (QED) is 0.779. The van der Waals surface area contributed by atoms with Crippen LogP contribution in [0.5, 0.6) is 5.75 Å². The second-order valence-corrected chi connectivity index (χ2v) is 5.04. The lowest BCUT2D eigenvalue weighted by molar-refractivity contribution is -0.153. The van der Waals surface area contributed by atoms with E-state index >= 15 is 0 Å². The molecule has 5 heteroatoms. The molecular formula is C16H21NO4. The van der Waals surface area contributed by atoms with Gasteiger partial charge in [0.15, 0.2) is 6.10 Å². The van der Waals surface area contributed by atoms with Gasteiger partial charge in [0.1, 0.15) is 11.8 Å². The van der Waals surface area contributed by atoms with E-state index in [1.54, 1.807) is 4.90 Å². The van der Waals surface area contributed by atoms with Crippen molar-refractivity contribution in [2.24, 2.45) is 0 Å². The first-order chi connectivity index (χ1) is 10.2. The second-order valence-electron chi connectivity index (χ2n) is 5.04. The fourth-order valence-electron chi connectivity index (χ4n) is 2.57. The number of benzene rings is 1. The lowest BCUT2D eigenvalue weighted by atomic mass is 10.2. The van der Waals surface area contributed by atoms with E-state index in [-0.39, 0.29) is 11.9 Å². The van der Waals surface area contributed by atoms with Gasteiger partial charge in [-0.15, -0.1) is 0 Å². The first-order valence-electron chi connectivity index (χ1n) is 7.27. The summed E-state index contributed by atoms with van der Waals surface area (Å²) < 4.78 is 10.5. The maximum absolute atomic E-state index is 12.6. The number of ether oxygens (including phenoxy) is 2. The number of amides is 1. The summed E-state index contributed by atoms with van der Waals surface area (Å²) in [5, 5.41) is 0. The summed E-state index contributed by atoms with van der Waals surface area (Å²) in [6.07, 6.45) is 1.45. The summed E-state index contributed by atoms with van der Waals surface area (Å²) in [4.78, 5) is 25.9. The number of hydrogen-bond donors (Lipinski definition) is 0. The van der Waals surface area contributed by atoms with Crippen LogP contribution in [0.25, 0.3) is 0 Å². The van der Waals surface area contributed by atoms with Crippen molar-refractivity contribution < 1.29 is 19.1 Å². The van der Waals surface area contributed by atoms with E-state index in [1.807, 2.05) is 37.3 Å². The molecule has 0 saturated carbocycles. The van der Waals surface area contributed by atoms with E-state index in [4.69, 9.17) is 9.47 Å². The molecule has 2 unspecified atom stereocenters. The molecule has 2 atom stereocenters. The van der Waals surface area contributed by atoms with Crippen molar-refractivity contribution in [2.45, 2.75) is 38.3 Å².